The summed E-state index contributed by atoms with van der Waals surface area (Å²) in [6, 6.07) is 5.57. The monoisotopic (exact) mass is 490 g/mol. The van der Waals surface area contributed by atoms with E-state index in [9.17, 15) is 18.3 Å². The van der Waals surface area contributed by atoms with Gasteiger partial charge in [0, 0.05) is 23.3 Å². The second kappa shape index (κ2) is 9.68. The van der Waals surface area contributed by atoms with E-state index in [1.807, 2.05) is 19.9 Å². The standard InChI is InChI=1S/C24H26O9S/c1-13(2)7-8-16-22(26)21-17(25)11-15(33-34(6,27)28)12-18(21)32-23(16)14-9-19(29-3)24(31-5)20(10-14)30-4/h7,9-12,25H,8H2,1-6H3. The van der Waals surface area contributed by atoms with Crippen molar-refractivity contribution in [1.82, 2.24) is 0 Å². The number of methoxy groups -OCH3 is 3. The number of phenols is 1. The number of fused-ring (bicyclic) bond motifs is 1. The highest BCUT2D eigenvalue weighted by atomic mass is 32.2. The third-order valence-electron chi connectivity index (χ3n) is 4.93. The number of benzene rings is 2. The Kier molecular flexibility index (Phi) is 7.11. The van der Waals surface area contributed by atoms with Crippen LogP contribution >= 0.6 is 0 Å². The van der Waals surface area contributed by atoms with Gasteiger partial charge >= 0.3 is 10.1 Å². The van der Waals surface area contributed by atoms with Gasteiger partial charge in [-0.15, -0.1) is 0 Å². The summed E-state index contributed by atoms with van der Waals surface area (Å²) in [5.74, 6) is 0.618. The fraction of sp³-hybridized carbons (Fsp3) is 0.292. The molecule has 10 heteroatoms. The molecule has 0 spiro atoms. The molecule has 3 rings (SSSR count). The first-order valence-corrected chi connectivity index (χ1v) is 12.0. The zero-order chi connectivity index (χ0) is 25.2. The van der Waals surface area contributed by atoms with E-state index in [2.05, 4.69) is 0 Å². The van der Waals surface area contributed by atoms with Gasteiger partial charge < -0.3 is 27.9 Å². The van der Waals surface area contributed by atoms with Crippen molar-refractivity contribution in [3.63, 3.8) is 0 Å². The zero-order valence-electron chi connectivity index (χ0n) is 19.7. The second-order valence-electron chi connectivity index (χ2n) is 7.74. The molecule has 0 bridgehead atoms. The van der Waals surface area contributed by atoms with Crippen LogP contribution in [-0.4, -0.2) is 41.1 Å². The Balaban J connectivity index is 2.40. The van der Waals surface area contributed by atoms with Crippen molar-refractivity contribution in [2.24, 2.45) is 0 Å². The fourth-order valence-electron chi connectivity index (χ4n) is 3.47. The van der Waals surface area contributed by atoms with Gasteiger partial charge in [-0.1, -0.05) is 11.6 Å². The van der Waals surface area contributed by atoms with Crippen molar-refractivity contribution in [3.05, 3.63) is 51.7 Å². The Morgan fingerprint density at radius 1 is 1.03 bits per heavy atom. The largest absolute Gasteiger partial charge is 0.507 e. The first-order chi connectivity index (χ1) is 16.0. The average Bonchev–Trinajstić information content (AvgIpc) is 2.75. The number of rotatable bonds is 8. The topological polar surface area (TPSA) is 122 Å². The number of phenolic OH excluding ortho intramolecular Hbond substituents is 1. The lowest BCUT2D eigenvalue weighted by molar-refractivity contribution is 0.324. The molecule has 0 atom stereocenters. The van der Waals surface area contributed by atoms with E-state index >= 15 is 0 Å². The summed E-state index contributed by atoms with van der Waals surface area (Å²) in [6.07, 6.45) is 2.96. The van der Waals surface area contributed by atoms with Crippen molar-refractivity contribution >= 4 is 21.1 Å². The van der Waals surface area contributed by atoms with E-state index in [4.69, 9.17) is 22.8 Å². The maximum absolute atomic E-state index is 13.5. The SMILES string of the molecule is COc1cc(-c2oc3cc(OS(C)(=O)=O)cc(O)c3c(=O)c2CC=C(C)C)cc(OC)c1OC. The van der Waals surface area contributed by atoms with Crippen molar-refractivity contribution in [2.45, 2.75) is 20.3 Å². The molecule has 0 fully saturated rings. The molecule has 0 aliphatic rings. The first-order valence-electron chi connectivity index (χ1n) is 10.1. The number of allylic oxidation sites excluding steroid dienone is 2. The number of hydrogen-bond acceptors (Lipinski definition) is 9. The third-order valence-corrected chi connectivity index (χ3v) is 5.43. The molecular weight excluding hydrogens is 464 g/mol. The van der Waals surface area contributed by atoms with E-state index in [1.165, 1.54) is 27.4 Å². The van der Waals surface area contributed by atoms with Crippen molar-refractivity contribution in [3.8, 4) is 40.1 Å². The Bertz CT molecular complexity index is 1400. The minimum Gasteiger partial charge on any atom is -0.507 e. The molecule has 34 heavy (non-hydrogen) atoms. The van der Waals surface area contributed by atoms with Gasteiger partial charge in [-0.05, 0) is 32.4 Å². The maximum Gasteiger partial charge on any atom is 0.306 e. The molecule has 9 nitrogen and oxygen atoms in total. The van der Waals surface area contributed by atoms with Gasteiger partial charge in [0.05, 0.1) is 27.6 Å². The normalized spacial score (nSPS) is 11.2. The minimum absolute atomic E-state index is 0.0478. The van der Waals surface area contributed by atoms with Crippen LogP contribution in [0.1, 0.15) is 19.4 Å². The molecule has 0 saturated heterocycles. The Labute approximate surface area is 197 Å². The summed E-state index contributed by atoms with van der Waals surface area (Å²) in [4.78, 5) is 13.5. The average molecular weight is 491 g/mol. The highest BCUT2D eigenvalue weighted by Crippen LogP contribution is 2.42. The Hall–Kier alpha value is -3.66. The second-order valence-corrected chi connectivity index (χ2v) is 9.32. The van der Waals surface area contributed by atoms with Crippen LogP contribution in [0.3, 0.4) is 0 Å². The highest BCUT2D eigenvalue weighted by Gasteiger charge is 2.22. The summed E-state index contributed by atoms with van der Waals surface area (Å²) in [6.45, 7) is 3.79. The van der Waals surface area contributed by atoms with Crippen molar-refractivity contribution < 1.29 is 36.3 Å². The van der Waals surface area contributed by atoms with E-state index in [0.29, 0.717) is 22.8 Å². The van der Waals surface area contributed by atoms with Gasteiger partial charge in [0.15, 0.2) is 11.5 Å². The molecule has 1 aromatic heterocycles. The van der Waals surface area contributed by atoms with Crippen LogP contribution in [0, 0.1) is 0 Å². The summed E-state index contributed by atoms with van der Waals surface area (Å²) in [5.41, 5.74) is 1.21. The van der Waals surface area contributed by atoms with Gasteiger partial charge in [-0.3, -0.25) is 4.79 Å². The molecule has 0 unspecified atom stereocenters. The molecule has 0 saturated carbocycles. The molecule has 182 valence electrons. The van der Waals surface area contributed by atoms with Crippen molar-refractivity contribution in [1.29, 1.82) is 0 Å². The van der Waals surface area contributed by atoms with Crippen LogP contribution in [0.4, 0.5) is 0 Å². The van der Waals surface area contributed by atoms with Gasteiger partial charge in [0.25, 0.3) is 0 Å². The predicted octanol–water partition coefficient (Wildman–Crippen LogP) is 4.04. The van der Waals surface area contributed by atoms with Crippen LogP contribution < -0.4 is 23.8 Å². The lowest BCUT2D eigenvalue weighted by Crippen LogP contribution is -2.12. The number of aromatic hydroxyl groups is 1. The molecule has 0 aliphatic heterocycles. The van der Waals surface area contributed by atoms with Crippen LogP contribution in [0.15, 0.2) is 45.1 Å². The third kappa shape index (κ3) is 5.12. The first kappa shape index (κ1) is 25.0. The van der Waals surface area contributed by atoms with E-state index in [1.54, 1.807) is 12.1 Å². The van der Waals surface area contributed by atoms with Gasteiger partial charge in [-0.25, -0.2) is 0 Å². The Morgan fingerprint density at radius 3 is 2.15 bits per heavy atom. The predicted molar refractivity (Wildman–Crippen MR) is 128 cm³/mol. The molecule has 0 amide bonds. The Morgan fingerprint density at radius 2 is 1.65 bits per heavy atom. The summed E-state index contributed by atoms with van der Waals surface area (Å²) < 4.78 is 50.3. The molecule has 2 aromatic carbocycles. The zero-order valence-corrected chi connectivity index (χ0v) is 20.5. The maximum atomic E-state index is 13.5. The number of hydrogen-bond donors (Lipinski definition) is 1. The van der Waals surface area contributed by atoms with Crippen LogP contribution in [0.25, 0.3) is 22.3 Å². The van der Waals surface area contributed by atoms with Gasteiger partial charge in [0.2, 0.25) is 11.2 Å². The summed E-state index contributed by atoms with van der Waals surface area (Å²) >= 11 is 0. The van der Waals surface area contributed by atoms with Crippen LogP contribution in [-0.2, 0) is 16.5 Å². The van der Waals surface area contributed by atoms with E-state index in [-0.39, 0.29) is 34.5 Å². The van der Waals surface area contributed by atoms with Crippen LogP contribution in [0.5, 0.6) is 28.7 Å². The minimum atomic E-state index is -3.87. The summed E-state index contributed by atoms with van der Waals surface area (Å²) in [7, 11) is 0.536. The van der Waals surface area contributed by atoms with E-state index in [0.717, 1.165) is 17.9 Å². The molecule has 0 radical (unpaired) electrons. The lowest BCUT2D eigenvalue weighted by atomic mass is 10.00. The molecule has 3 aromatic rings. The van der Waals surface area contributed by atoms with Gasteiger partial charge in [0.1, 0.15) is 28.2 Å². The fourth-order valence-corrected chi connectivity index (χ4v) is 3.92. The molecule has 1 N–H and O–H groups in total. The molecule has 0 aliphatic carbocycles. The van der Waals surface area contributed by atoms with Gasteiger partial charge in [-0.2, -0.15) is 8.42 Å². The number of ether oxygens (including phenoxy) is 3. The smallest absolute Gasteiger partial charge is 0.306 e. The van der Waals surface area contributed by atoms with Crippen LogP contribution in [0.2, 0.25) is 0 Å². The van der Waals surface area contributed by atoms with E-state index < -0.39 is 21.3 Å². The lowest BCUT2D eigenvalue weighted by Gasteiger charge is -2.16. The quantitative estimate of drug-likeness (QED) is 0.368. The highest BCUT2D eigenvalue weighted by molar-refractivity contribution is 7.86. The summed E-state index contributed by atoms with van der Waals surface area (Å²) in [5, 5.41) is 10.4. The van der Waals surface area contributed by atoms with Crippen molar-refractivity contribution in [2.75, 3.05) is 27.6 Å². The molecule has 1 heterocycles. The molecular formula is C24H26O9S.